The predicted molar refractivity (Wildman–Crippen MR) is 116 cm³/mol. The highest BCUT2D eigenvalue weighted by Crippen LogP contribution is 2.30. The van der Waals surface area contributed by atoms with Gasteiger partial charge < -0.3 is 10.6 Å². The molecule has 0 radical (unpaired) electrons. The molecule has 3 aromatic carbocycles. The summed E-state index contributed by atoms with van der Waals surface area (Å²) in [6.45, 7) is -0.368. The van der Waals surface area contributed by atoms with Crippen molar-refractivity contribution in [3.63, 3.8) is 0 Å². The lowest BCUT2D eigenvalue weighted by molar-refractivity contribution is -0.137. The van der Waals surface area contributed by atoms with Gasteiger partial charge in [0.1, 0.15) is 11.6 Å². The first kappa shape index (κ1) is 24.1. The van der Waals surface area contributed by atoms with E-state index in [9.17, 15) is 31.5 Å². The normalized spacial score (nSPS) is 11.1. The first-order valence-corrected chi connectivity index (χ1v) is 9.74. The summed E-state index contributed by atoms with van der Waals surface area (Å²) in [6.07, 6.45) is -4.72. The molecule has 0 bridgehead atoms. The first-order valence-electron chi connectivity index (χ1n) is 9.34. The molecule has 0 spiro atoms. The monoisotopic (exact) mass is 481 g/mol. The van der Waals surface area contributed by atoms with Crippen LogP contribution in [-0.4, -0.2) is 11.9 Å². The van der Waals surface area contributed by atoms with Crippen molar-refractivity contribution in [2.45, 2.75) is 12.7 Å². The van der Waals surface area contributed by atoms with Gasteiger partial charge in [-0.25, -0.2) is 17.9 Å². The summed E-state index contributed by atoms with van der Waals surface area (Å²) < 4.78 is 66.5. The van der Waals surface area contributed by atoms with Crippen LogP contribution in [0.5, 0.6) is 0 Å². The lowest BCUT2D eigenvalue weighted by Crippen LogP contribution is -2.33. The molecule has 0 unspecified atom stereocenters. The van der Waals surface area contributed by atoms with Crippen molar-refractivity contribution in [2.75, 3.05) is 9.62 Å². The van der Waals surface area contributed by atoms with Gasteiger partial charge in [-0.2, -0.15) is 13.2 Å². The number of anilines is 2. The Morgan fingerprint density at radius 1 is 0.939 bits per heavy atom. The van der Waals surface area contributed by atoms with Gasteiger partial charge in [-0.3, -0.25) is 4.79 Å². The Hall–Kier alpha value is -3.60. The van der Waals surface area contributed by atoms with E-state index in [1.807, 2.05) is 0 Å². The Morgan fingerprint density at radius 2 is 1.61 bits per heavy atom. The van der Waals surface area contributed by atoms with E-state index in [1.54, 1.807) is 0 Å². The van der Waals surface area contributed by atoms with Crippen LogP contribution in [0.4, 0.5) is 38.1 Å². The van der Waals surface area contributed by atoms with Crippen LogP contribution in [0.2, 0.25) is 0 Å². The summed E-state index contributed by atoms with van der Waals surface area (Å²) in [5.74, 6) is -2.41. The van der Waals surface area contributed by atoms with Crippen molar-refractivity contribution in [2.24, 2.45) is 0 Å². The Balaban J connectivity index is 1.61. The standard InChI is InChI=1S/C22H16F5N3O2S/c23-15-10-13(9-14(11-15)22(25,26)27)12-28-21(32)30(33)17-7-5-16(6-8-17)29-20(31)18-3-1-2-4-19(18)24/h1-11,33H,12H2,(H,28,32)(H,29,31). The van der Waals surface area contributed by atoms with Gasteiger partial charge in [0.2, 0.25) is 0 Å². The molecular weight excluding hydrogens is 465 g/mol. The van der Waals surface area contributed by atoms with Gasteiger partial charge in [-0.15, -0.1) is 0 Å². The Kier molecular flexibility index (Phi) is 7.22. The van der Waals surface area contributed by atoms with Crippen LogP contribution >= 0.6 is 12.8 Å². The first-order chi connectivity index (χ1) is 15.5. The minimum absolute atomic E-state index is 0.0800. The quantitative estimate of drug-likeness (QED) is 0.319. The topological polar surface area (TPSA) is 61.4 Å². The highest BCUT2D eigenvalue weighted by atomic mass is 32.1. The van der Waals surface area contributed by atoms with Crippen molar-refractivity contribution in [1.29, 1.82) is 0 Å². The number of urea groups is 1. The van der Waals surface area contributed by atoms with Crippen molar-refractivity contribution in [3.8, 4) is 0 Å². The largest absolute Gasteiger partial charge is 0.416 e. The number of nitrogens with one attached hydrogen (secondary N) is 2. The Labute approximate surface area is 190 Å². The number of carbonyl (C=O) groups is 2. The molecule has 0 fully saturated rings. The molecule has 0 saturated heterocycles. The van der Waals surface area contributed by atoms with E-state index >= 15 is 0 Å². The van der Waals surface area contributed by atoms with Crippen molar-refractivity contribution in [3.05, 3.63) is 95.1 Å². The fraction of sp³-hybridized carbons (Fsp3) is 0.0909. The fourth-order valence-corrected chi connectivity index (χ4v) is 3.02. The third-order valence-electron chi connectivity index (χ3n) is 4.41. The van der Waals surface area contributed by atoms with Crippen LogP contribution in [0.3, 0.4) is 0 Å². The number of carbonyl (C=O) groups excluding carboxylic acids is 2. The summed E-state index contributed by atoms with van der Waals surface area (Å²) in [5.41, 5.74) is -0.780. The molecule has 0 heterocycles. The Morgan fingerprint density at radius 3 is 2.24 bits per heavy atom. The second-order valence-electron chi connectivity index (χ2n) is 6.80. The second-order valence-corrected chi connectivity index (χ2v) is 7.20. The summed E-state index contributed by atoms with van der Waals surface area (Å²) >= 11 is 4.05. The number of hydrogen-bond acceptors (Lipinski definition) is 3. The number of thiol groups is 1. The van der Waals surface area contributed by atoms with Gasteiger partial charge in [0.25, 0.3) is 5.91 Å². The molecule has 172 valence electrons. The maximum Gasteiger partial charge on any atom is 0.416 e. The van der Waals surface area contributed by atoms with E-state index in [1.165, 1.54) is 42.5 Å². The summed E-state index contributed by atoms with van der Waals surface area (Å²) in [6, 6.07) is 12.4. The number of benzene rings is 3. The van der Waals surface area contributed by atoms with Gasteiger partial charge in [0, 0.05) is 12.2 Å². The SMILES string of the molecule is O=C(Nc1ccc(N(S)C(=O)NCc2cc(F)cc(C(F)(F)F)c2)cc1)c1ccccc1F. The summed E-state index contributed by atoms with van der Waals surface area (Å²) in [7, 11) is 0. The smallest absolute Gasteiger partial charge is 0.333 e. The van der Waals surface area contributed by atoms with Crippen LogP contribution in [0, 0.1) is 11.6 Å². The second kappa shape index (κ2) is 9.90. The van der Waals surface area contributed by atoms with Crippen LogP contribution in [0.15, 0.2) is 66.7 Å². The number of amides is 3. The third kappa shape index (κ3) is 6.22. The van der Waals surface area contributed by atoms with Crippen molar-refractivity contribution >= 4 is 36.1 Å². The van der Waals surface area contributed by atoms with Gasteiger partial charge in [-0.1, -0.05) is 24.9 Å². The van der Waals surface area contributed by atoms with Crippen LogP contribution in [0.1, 0.15) is 21.5 Å². The van der Waals surface area contributed by atoms with Gasteiger partial charge in [0.05, 0.1) is 16.8 Å². The number of alkyl halides is 3. The maximum atomic E-state index is 13.7. The molecule has 3 amide bonds. The number of hydrogen-bond donors (Lipinski definition) is 3. The van der Waals surface area contributed by atoms with E-state index < -0.39 is 35.3 Å². The number of nitrogens with zero attached hydrogens (tertiary/aromatic N) is 1. The molecule has 0 saturated carbocycles. The molecule has 5 nitrogen and oxygen atoms in total. The lowest BCUT2D eigenvalue weighted by atomic mass is 10.1. The maximum absolute atomic E-state index is 13.7. The average Bonchev–Trinajstić information content (AvgIpc) is 2.76. The zero-order chi connectivity index (χ0) is 24.2. The zero-order valence-corrected chi connectivity index (χ0v) is 17.6. The van der Waals surface area contributed by atoms with Crippen molar-refractivity contribution in [1.82, 2.24) is 5.32 Å². The molecule has 3 aromatic rings. The highest BCUT2D eigenvalue weighted by Gasteiger charge is 2.31. The Bertz CT molecular complexity index is 1170. The van der Waals surface area contributed by atoms with Gasteiger partial charge >= 0.3 is 12.2 Å². The van der Waals surface area contributed by atoms with E-state index in [2.05, 4.69) is 23.4 Å². The van der Waals surface area contributed by atoms with E-state index in [0.29, 0.717) is 11.8 Å². The lowest BCUT2D eigenvalue weighted by Gasteiger charge is -2.17. The molecule has 0 atom stereocenters. The summed E-state index contributed by atoms with van der Waals surface area (Å²) in [4.78, 5) is 24.4. The molecule has 0 aliphatic rings. The minimum Gasteiger partial charge on any atom is -0.333 e. The fourth-order valence-electron chi connectivity index (χ4n) is 2.82. The van der Waals surface area contributed by atoms with Crippen LogP contribution in [-0.2, 0) is 12.7 Å². The average molecular weight is 481 g/mol. The molecule has 11 heteroatoms. The molecule has 3 rings (SSSR count). The van der Waals surface area contributed by atoms with E-state index in [-0.39, 0.29) is 23.4 Å². The predicted octanol–water partition coefficient (Wildman–Crippen LogP) is 5.80. The van der Waals surface area contributed by atoms with Crippen LogP contribution < -0.4 is 14.9 Å². The molecule has 0 aliphatic heterocycles. The molecule has 2 N–H and O–H groups in total. The van der Waals surface area contributed by atoms with Gasteiger partial charge in [0.15, 0.2) is 0 Å². The molecule has 0 aromatic heterocycles. The zero-order valence-electron chi connectivity index (χ0n) is 16.7. The van der Waals surface area contributed by atoms with E-state index in [4.69, 9.17) is 0 Å². The highest BCUT2D eigenvalue weighted by molar-refractivity contribution is 7.82. The molecular formula is C22H16F5N3O2S. The van der Waals surface area contributed by atoms with Crippen LogP contribution in [0.25, 0.3) is 0 Å². The number of halogens is 5. The van der Waals surface area contributed by atoms with Gasteiger partial charge in [-0.05, 0) is 60.2 Å². The van der Waals surface area contributed by atoms with Crippen molar-refractivity contribution < 1.29 is 31.5 Å². The molecule has 33 heavy (non-hydrogen) atoms. The summed E-state index contributed by atoms with van der Waals surface area (Å²) in [5, 5.41) is 4.86. The number of rotatable bonds is 5. The van der Waals surface area contributed by atoms with E-state index in [0.717, 1.165) is 22.5 Å². The third-order valence-corrected chi connectivity index (χ3v) is 4.82. The molecule has 0 aliphatic carbocycles. The minimum atomic E-state index is -4.72.